The molecule has 24 heavy (non-hydrogen) atoms. The standard InChI is InChI=1S/C17H12Cl2N2O3/c1-10-5-6-13(18)16(15(10)19)21-14(22)9-24-17(23)12-4-2-3-11(7-12)8-20/h2-7H,9H2,1H3,(H,21,22). The Kier molecular flexibility index (Phi) is 5.80. The largest absolute Gasteiger partial charge is 0.452 e. The van der Waals surface area contributed by atoms with Crippen molar-refractivity contribution >= 4 is 40.8 Å². The van der Waals surface area contributed by atoms with E-state index in [1.54, 1.807) is 31.2 Å². The molecule has 0 aliphatic heterocycles. The normalized spacial score (nSPS) is 9.92. The van der Waals surface area contributed by atoms with Crippen molar-refractivity contribution in [3.05, 3.63) is 63.1 Å². The van der Waals surface area contributed by atoms with Gasteiger partial charge in [-0.2, -0.15) is 5.26 Å². The van der Waals surface area contributed by atoms with Crippen LogP contribution in [0.2, 0.25) is 10.0 Å². The third-order valence-electron chi connectivity index (χ3n) is 3.11. The maximum atomic E-state index is 11.9. The Bertz CT molecular complexity index is 844. The number of hydrogen-bond donors (Lipinski definition) is 1. The molecule has 0 unspecified atom stereocenters. The Hall–Kier alpha value is -2.55. The lowest BCUT2D eigenvalue weighted by molar-refractivity contribution is -0.119. The first-order valence-corrected chi connectivity index (χ1v) is 7.59. The summed E-state index contributed by atoms with van der Waals surface area (Å²) >= 11 is 12.1. The molecule has 0 aliphatic rings. The van der Waals surface area contributed by atoms with E-state index >= 15 is 0 Å². The van der Waals surface area contributed by atoms with Crippen LogP contribution in [-0.2, 0) is 9.53 Å². The Balaban J connectivity index is 2.00. The molecule has 0 saturated carbocycles. The van der Waals surface area contributed by atoms with Crippen molar-refractivity contribution < 1.29 is 14.3 Å². The highest BCUT2D eigenvalue weighted by atomic mass is 35.5. The van der Waals surface area contributed by atoms with Crippen molar-refractivity contribution in [2.24, 2.45) is 0 Å². The van der Waals surface area contributed by atoms with Gasteiger partial charge in [-0.3, -0.25) is 4.79 Å². The number of halogens is 2. The number of rotatable bonds is 4. The number of nitrogens with one attached hydrogen (secondary N) is 1. The lowest BCUT2D eigenvalue weighted by Gasteiger charge is -2.11. The fourth-order valence-corrected chi connectivity index (χ4v) is 2.34. The Morgan fingerprint density at radius 2 is 2.00 bits per heavy atom. The summed E-state index contributed by atoms with van der Waals surface area (Å²) in [6, 6.07) is 11.3. The number of carbonyl (C=O) groups excluding carboxylic acids is 2. The second kappa shape index (κ2) is 7.82. The second-order valence-electron chi connectivity index (χ2n) is 4.87. The van der Waals surface area contributed by atoms with Crippen molar-refractivity contribution in [2.45, 2.75) is 6.92 Å². The monoisotopic (exact) mass is 362 g/mol. The third kappa shape index (κ3) is 4.25. The molecule has 0 aromatic heterocycles. The molecule has 1 N–H and O–H groups in total. The van der Waals surface area contributed by atoms with Crippen LogP contribution >= 0.6 is 23.2 Å². The van der Waals surface area contributed by atoms with Crippen LogP contribution in [-0.4, -0.2) is 18.5 Å². The maximum absolute atomic E-state index is 11.9. The average Bonchev–Trinajstić information content (AvgIpc) is 2.60. The number of carbonyl (C=O) groups is 2. The first kappa shape index (κ1) is 17.8. The van der Waals surface area contributed by atoms with Gasteiger partial charge in [-0.05, 0) is 36.8 Å². The molecule has 0 aliphatic carbocycles. The number of esters is 1. The summed E-state index contributed by atoms with van der Waals surface area (Å²) in [5.41, 5.74) is 1.54. The third-order valence-corrected chi connectivity index (χ3v) is 3.91. The van der Waals surface area contributed by atoms with Crippen molar-refractivity contribution in [1.29, 1.82) is 5.26 Å². The summed E-state index contributed by atoms with van der Waals surface area (Å²) in [6.07, 6.45) is 0. The van der Waals surface area contributed by atoms with Crippen LogP contribution in [0.15, 0.2) is 36.4 Å². The lowest BCUT2D eigenvalue weighted by atomic mass is 10.1. The van der Waals surface area contributed by atoms with Gasteiger partial charge in [0, 0.05) is 0 Å². The number of amides is 1. The smallest absolute Gasteiger partial charge is 0.338 e. The van der Waals surface area contributed by atoms with E-state index in [4.69, 9.17) is 33.2 Å². The molecule has 122 valence electrons. The number of aryl methyl sites for hydroxylation is 1. The summed E-state index contributed by atoms with van der Waals surface area (Å²) < 4.78 is 4.93. The molecule has 0 radical (unpaired) electrons. The van der Waals surface area contributed by atoms with Crippen molar-refractivity contribution in [3.8, 4) is 6.07 Å². The predicted octanol–water partition coefficient (Wildman–Crippen LogP) is 3.97. The molecule has 0 atom stereocenters. The van der Waals surface area contributed by atoms with Gasteiger partial charge in [-0.15, -0.1) is 0 Å². The molecule has 0 bridgehead atoms. The highest BCUT2D eigenvalue weighted by Gasteiger charge is 2.14. The van der Waals surface area contributed by atoms with E-state index < -0.39 is 18.5 Å². The van der Waals surface area contributed by atoms with Crippen LogP contribution in [0.25, 0.3) is 0 Å². The summed E-state index contributed by atoms with van der Waals surface area (Å²) in [5.74, 6) is -1.28. The van der Waals surface area contributed by atoms with Crippen LogP contribution < -0.4 is 5.32 Å². The van der Waals surface area contributed by atoms with Gasteiger partial charge < -0.3 is 10.1 Å². The molecule has 7 heteroatoms. The Morgan fingerprint density at radius 3 is 2.71 bits per heavy atom. The van der Waals surface area contributed by atoms with Gasteiger partial charge in [-0.25, -0.2) is 4.79 Å². The van der Waals surface area contributed by atoms with Crippen LogP contribution in [0.5, 0.6) is 0 Å². The van der Waals surface area contributed by atoms with Crippen LogP contribution in [0.4, 0.5) is 5.69 Å². The Morgan fingerprint density at radius 1 is 1.25 bits per heavy atom. The summed E-state index contributed by atoms with van der Waals surface area (Å²) in [6.45, 7) is 1.27. The zero-order valence-electron chi connectivity index (χ0n) is 12.6. The van der Waals surface area contributed by atoms with Crippen LogP contribution in [0.1, 0.15) is 21.5 Å². The van der Waals surface area contributed by atoms with Gasteiger partial charge in [0.1, 0.15) is 0 Å². The van der Waals surface area contributed by atoms with Gasteiger partial charge in [0.2, 0.25) is 0 Å². The van der Waals surface area contributed by atoms with Crippen molar-refractivity contribution in [1.82, 2.24) is 0 Å². The minimum Gasteiger partial charge on any atom is -0.452 e. The zero-order chi connectivity index (χ0) is 17.7. The summed E-state index contributed by atoms with van der Waals surface area (Å²) in [7, 11) is 0. The van der Waals surface area contributed by atoms with E-state index in [1.807, 2.05) is 6.07 Å². The van der Waals surface area contributed by atoms with E-state index in [1.165, 1.54) is 12.1 Å². The quantitative estimate of drug-likeness (QED) is 0.834. The molecule has 0 saturated heterocycles. The van der Waals surface area contributed by atoms with E-state index in [0.29, 0.717) is 10.6 Å². The van der Waals surface area contributed by atoms with Gasteiger partial charge in [0.25, 0.3) is 5.91 Å². The Labute approximate surface area is 148 Å². The second-order valence-corrected chi connectivity index (χ2v) is 5.66. The van der Waals surface area contributed by atoms with Crippen molar-refractivity contribution in [3.63, 3.8) is 0 Å². The molecule has 0 spiro atoms. The number of benzene rings is 2. The van der Waals surface area contributed by atoms with Crippen LogP contribution in [0, 0.1) is 18.3 Å². The number of hydrogen-bond acceptors (Lipinski definition) is 4. The molecular weight excluding hydrogens is 351 g/mol. The number of nitrogens with zero attached hydrogens (tertiary/aromatic N) is 1. The molecule has 1 amide bonds. The molecule has 2 aromatic carbocycles. The highest BCUT2D eigenvalue weighted by molar-refractivity contribution is 6.40. The topological polar surface area (TPSA) is 79.2 Å². The average molecular weight is 363 g/mol. The van der Waals surface area contributed by atoms with E-state index in [2.05, 4.69) is 5.32 Å². The fraction of sp³-hybridized carbons (Fsp3) is 0.118. The van der Waals surface area contributed by atoms with E-state index in [9.17, 15) is 9.59 Å². The minimum absolute atomic E-state index is 0.188. The van der Waals surface area contributed by atoms with Gasteiger partial charge in [-0.1, -0.05) is 35.3 Å². The number of nitriles is 1. The maximum Gasteiger partial charge on any atom is 0.338 e. The van der Waals surface area contributed by atoms with Crippen LogP contribution in [0.3, 0.4) is 0 Å². The molecule has 0 fully saturated rings. The molecular formula is C17H12Cl2N2O3. The van der Waals surface area contributed by atoms with E-state index in [-0.39, 0.29) is 16.3 Å². The number of ether oxygens (including phenoxy) is 1. The lowest BCUT2D eigenvalue weighted by Crippen LogP contribution is -2.21. The number of anilines is 1. The highest BCUT2D eigenvalue weighted by Crippen LogP contribution is 2.32. The van der Waals surface area contributed by atoms with Crippen molar-refractivity contribution in [2.75, 3.05) is 11.9 Å². The first-order chi connectivity index (χ1) is 11.4. The van der Waals surface area contributed by atoms with E-state index in [0.717, 1.165) is 5.56 Å². The molecule has 2 aromatic rings. The SMILES string of the molecule is Cc1ccc(Cl)c(NC(=O)COC(=O)c2cccc(C#N)c2)c1Cl. The van der Waals surface area contributed by atoms with Gasteiger partial charge in [0.15, 0.2) is 6.61 Å². The predicted molar refractivity (Wildman–Crippen MR) is 91.3 cm³/mol. The van der Waals surface area contributed by atoms with Gasteiger partial charge in [0.05, 0.1) is 32.9 Å². The fourth-order valence-electron chi connectivity index (χ4n) is 1.88. The van der Waals surface area contributed by atoms with Gasteiger partial charge >= 0.3 is 5.97 Å². The zero-order valence-corrected chi connectivity index (χ0v) is 14.1. The summed E-state index contributed by atoms with van der Waals surface area (Å²) in [5, 5.41) is 11.9. The molecule has 2 rings (SSSR count). The molecule has 0 heterocycles. The molecule has 5 nitrogen and oxygen atoms in total. The minimum atomic E-state index is -0.705. The summed E-state index contributed by atoms with van der Waals surface area (Å²) in [4.78, 5) is 23.8. The first-order valence-electron chi connectivity index (χ1n) is 6.84.